The zero-order valence-corrected chi connectivity index (χ0v) is 23.7. The molecule has 2 aromatic carbocycles. The molecule has 1 saturated carbocycles. The average molecular weight is 569 g/mol. The van der Waals surface area contributed by atoms with Gasteiger partial charge in [0.2, 0.25) is 21.8 Å². The standard InChI is InChI=1S/C27H35Cl2N3O4S/c1-3-25(27(34)30-20-11-7-8-12-20)32(19-22-23(28)15-9-16-24(22)29)26(33)17-10-18-31(2)37(35,36)21-13-5-4-6-14-21/h4-6,9,13-16,20,25H,3,7-8,10-12,17-19H2,1-2H3,(H,30,34)/t25-/m0/s1. The molecule has 3 rings (SSSR count). The van der Waals surface area contributed by atoms with Crippen molar-refractivity contribution in [3.05, 3.63) is 64.1 Å². The van der Waals surface area contributed by atoms with Crippen LogP contribution in [0, 0.1) is 0 Å². The van der Waals surface area contributed by atoms with Crippen molar-refractivity contribution in [3.63, 3.8) is 0 Å². The molecule has 0 aromatic heterocycles. The van der Waals surface area contributed by atoms with Crippen LogP contribution in [0.15, 0.2) is 53.4 Å². The molecule has 2 aromatic rings. The van der Waals surface area contributed by atoms with E-state index in [4.69, 9.17) is 23.2 Å². The maximum atomic E-state index is 13.5. The van der Waals surface area contributed by atoms with Crippen molar-refractivity contribution >= 4 is 45.0 Å². The first-order valence-electron chi connectivity index (χ1n) is 12.7. The minimum atomic E-state index is -3.66. The number of carbonyl (C=O) groups excluding carboxylic acids is 2. The van der Waals surface area contributed by atoms with Crippen LogP contribution >= 0.6 is 23.2 Å². The molecule has 0 radical (unpaired) electrons. The molecule has 0 bridgehead atoms. The van der Waals surface area contributed by atoms with Crippen LogP contribution in [0.1, 0.15) is 57.4 Å². The molecule has 0 heterocycles. The van der Waals surface area contributed by atoms with Crippen molar-refractivity contribution in [2.24, 2.45) is 0 Å². The molecule has 0 saturated heterocycles. The highest BCUT2D eigenvalue weighted by Crippen LogP contribution is 2.28. The number of hydrogen-bond donors (Lipinski definition) is 1. The molecule has 1 fully saturated rings. The monoisotopic (exact) mass is 567 g/mol. The lowest BCUT2D eigenvalue weighted by Gasteiger charge is -2.32. The molecule has 1 N–H and O–H groups in total. The number of sulfonamides is 1. The lowest BCUT2D eigenvalue weighted by molar-refractivity contribution is -0.141. The zero-order valence-electron chi connectivity index (χ0n) is 21.3. The van der Waals surface area contributed by atoms with Crippen LogP contribution in [0.2, 0.25) is 10.0 Å². The molecule has 37 heavy (non-hydrogen) atoms. The van der Waals surface area contributed by atoms with E-state index in [0.29, 0.717) is 28.5 Å². The van der Waals surface area contributed by atoms with Gasteiger partial charge in [-0.2, -0.15) is 0 Å². The van der Waals surface area contributed by atoms with Crippen LogP contribution in [-0.4, -0.2) is 55.1 Å². The maximum Gasteiger partial charge on any atom is 0.243 e. The molecule has 1 atom stereocenters. The number of benzene rings is 2. The third-order valence-electron chi connectivity index (χ3n) is 6.79. The molecule has 0 unspecified atom stereocenters. The van der Waals surface area contributed by atoms with E-state index >= 15 is 0 Å². The molecule has 7 nitrogen and oxygen atoms in total. The number of amides is 2. The van der Waals surface area contributed by atoms with Crippen LogP contribution in [0.25, 0.3) is 0 Å². The molecule has 0 spiro atoms. The largest absolute Gasteiger partial charge is 0.352 e. The van der Waals surface area contributed by atoms with Crippen molar-refractivity contribution in [3.8, 4) is 0 Å². The van der Waals surface area contributed by atoms with E-state index in [9.17, 15) is 18.0 Å². The molecule has 10 heteroatoms. The van der Waals surface area contributed by atoms with Crippen LogP contribution in [-0.2, 0) is 26.2 Å². The van der Waals surface area contributed by atoms with Gasteiger partial charge >= 0.3 is 0 Å². The van der Waals surface area contributed by atoms with Crippen molar-refractivity contribution in [1.82, 2.24) is 14.5 Å². The third kappa shape index (κ3) is 7.69. The fraction of sp³-hybridized carbons (Fsp3) is 0.481. The van der Waals surface area contributed by atoms with Crippen molar-refractivity contribution in [2.75, 3.05) is 13.6 Å². The molecular weight excluding hydrogens is 533 g/mol. The Balaban J connectivity index is 1.74. The van der Waals surface area contributed by atoms with E-state index < -0.39 is 16.1 Å². The maximum absolute atomic E-state index is 13.5. The Morgan fingerprint density at radius 3 is 2.24 bits per heavy atom. The van der Waals surface area contributed by atoms with Gasteiger partial charge in [0.15, 0.2) is 0 Å². The van der Waals surface area contributed by atoms with E-state index in [0.717, 1.165) is 25.7 Å². The second-order valence-electron chi connectivity index (χ2n) is 9.38. The van der Waals surface area contributed by atoms with Gasteiger partial charge in [0, 0.05) is 48.2 Å². The van der Waals surface area contributed by atoms with E-state index in [1.54, 1.807) is 48.5 Å². The third-order valence-corrected chi connectivity index (χ3v) is 9.37. The van der Waals surface area contributed by atoms with Crippen LogP contribution in [0.5, 0.6) is 0 Å². The molecule has 1 aliphatic rings. The van der Waals surface area contributed by atoms with Gasteiger partial charge in [-0.1, -0.05) is 67.2 Å². The Morgan fingerprint density at radius 2 is 1.65 bits per heavy atom. The predicted molar refractivity (Wildman–Crippen MR) is 147 cm³/mol. The fourth-order valence-electron chi connectivity index (χ4n) is 4.63. The van der Waals surface area contributed by atoms with Gasteiger partial charge < -0.3 is 10.2 Å². The number of nitrogens with zero attached hydrogens (tertiary/aromatic N) is 2. The predicted octanol–water partition coefficient (Wildman–Crippen LogP) is 5.26. The average Bonchev–Trinajstić information content (AvgIpc) is 3.39. The van der Waals surface area contributed by atoms with Gasteiger partial charge in [0.25, 0.3) is 0 Å². The highest BCUT2D eigenvalue weighted by atomic mass is 35.5. The van der Waals surface area contributed by atoms with E-state index in [-0.39, 0.29) is 42.3 Å². The second-order valence-corrected chi connectivity index (χ2v) is 12.2. The Bertz CT molecular complexity index is 1150. The highest BCUT2D eigenvalue weighted by Gasteiger charge is 2.31. The minimum Gasteiger partial charge on any atom is -0.352 e. The van der Waals surface area contributed by atoms with Crippen LogP contribution in [0.4, 0.5) is 0 Å². The Kier molecular flexibility index (Phi) is 10.8. The van der Waals surface area contributed by atoms with E-state index in [1.165, 1.54) is 16.3 Å². The normalized spacial score (nSPS) is 15.1. The number of halogens is 2. The summed E-state index contributed by atoms with van der Waals surface area (Å²) < 4.78 is 26.9. The quantitative estimate of drug-likeness (QED) is 0.379. The molecule has 2 amide bonds. The molecule has 1 aliphatic carbocycles. The summed E-state index contributed by atoms with van der Waals surface area (Å²) >= 11 is 12.8. The SMILES string of the molecule is CC[C@@H](C(=O)NC1CCCC1)N(Cc1c(Cl)cccc1Cl)C(=O)CCCN(C)S(=O)(=O)c1ccccc1. The summed E-state index contributed by atoms with van der Waals surface area (Å²) in [6.45, 7) is 2.12. The second kappa shape index (κ2) is 13.6. The lowest BCUT2D eigenvalue weighted by Crippen LogP contribution is -2.51. The van der Waals surface area contributed by atoms with E-state index in [2.05, 4.69) is 5.32 Å². The zero-order chi connectivity index (χ0) is 27.0. The molecule has 0 aliphatic heterocycles. The summed E-state index contributed by atoms with van der Waals surface area (Å²) in [5, 5.41) is 3.95. The molecule has 202 valence electrons. The van der Waals surface area contributed by atoms with E-state index in [1.807, 2.05) is 6.92 Å². The molecular formula is C27H35Cl2N3O4S. The summed E-state index contributed by atoms with van der Waals surface area (Å²) in [5.41, 5.74) is 0.579. The summed E-state index contributed by atoms with van der Waals surface area (Å²) in [4.78, 5) is 28.5. The summed E-state index contributed by atoms with van der Waals surface area (Å²) in [6, 6.07) is 12.8. The van der Waals surface area contributed by atoms with Gasteiger partial charge in [-0.25, -0.2) is 12.7 Å². The van der Waals surface area contributed by atoms with Crippen LogP contribution < -0.4 is 5.32 Å². The van der Waals surface area contributed by atoms with Crippen molar-refractivity contribution in [2.45, 2.75) is 75.4 Å². The van der Waals surface area contributed by atoms with Gasteiger partial charge in [0.1, 0.15) is 6.04 Å². The Morgan fingerprint density at radius 1 is 1.03 bits per heavy atom. The lowest BCUT2D eigenvalue weighted by atomic mass is 10.1. The first kappa shape index (κ1) is 29.4. The smallest absolute Gasteiger partial charge is 0.243 e. The van der Waals surface area contributed by atoms with Crippen LogP contribution in [0.3, 0.4) is 0 Å². The number of nitrogens with one attached hydrogen (secondary N) is 1. The van der Waals surface area contributed by atoms with Gasteiger partial charge in [-0.15, -0.1) is 0 Å². The summed E-state index contributed by atoms with van der Waals surface area (Å²) in [6.07, 6.45) is 4.84. The first-order valence-corrected chi connectivity index (χ1v) is 14.9. The highest BCUT2D eigenvalue weighted by molar-refractivity contribution is 7.89. The fourth-order valence-corrected chi connectivity index (χ4v) is 6.38. The first-order chi connectivity index (χ1) is 17.6. The summed E-state index contributed by atoms with van der Waals surface area (Å²) in [5.74, 6) is -0.440. The number of rotatable bonds is 12. The van der Waals surface area contributed by atoms with Gasteiger partial charge in [0.05, 0.1) is 4.90 Å². The Hall–Kier alpha value is -2.13. The van der Waals surface area contributed by atoms with Gasteiger partial charge in [-0.05, 0) is 49.9 Å². The Labute approximate surface area is 230 Å². The summed E-state index contributed by atoms with van der Waals surface area (Å²) in [7, 11) is -2.16. The van der Waals surface area contributed by atoms with Crippen molar-refractivity contribution in [1.29, 1.82) is 0 Å². The minimum absolute atomic E-state index is 0.0733. The topological polar surface area (TPSA) is 86.8 Å². The van der Waals surface area contributed by atoms with Crippen molar-refractivity contribution < 1.29 is 18.0 Å². The van der Waals surface area contributed by atoms with Gasteiger partial charge in [-0.3, -0.25) is 9.59 Å². The number of hydrogen-bond acceptors (Lipinski definition) is 4. The number of carbonyl (C=O) groups is 2.